The highest BCUT2D eigenvalue weighted by atomic mass is 16.6. The first-order valence-electron chi connectivity index (χ1n) is 9.63. The summed E-state index contributed by atoms with van der Waals surface area (Å²) in [6, 6.07) is 14.4. The van der Waals surface area contributed by atoms with Gasteiger partial charge in [-0.3, -0.25) is 4.79 Å². The van der Waals surface area contributed by atoms with Crippen LogP contribution in [-0.2, 0) is 27.1 Å². The Morgan fingerprint density at radius 2 is 1.57 bits per heavy atom. The molecule has 0 saturated heterocycles. The van der Waals surface area contributed by atoms with E-state index in [9.17, 15) is 14.4 Å². The molecule has 0 bridgehead atoms. The maximum Gasteiger partial charge on any atom is 0.345 e. The van der Waals surface area contributed by atoms with Gasteiger partial charge in [0.05, 0.1) is 17.7 Å². The molecule has 0 amide bonds. The molecule has 0 aliphatic heterocycles. The minimum absolute atomic E-state index is 0.151. The second-order valence-electron chi connectivity index (χ2n) is 6.50. The average Bonchev–Trinajstić information content (AvgIpc) is 2.72. The Labute approximate surface area is 165 Å². The van der Waals surface area contributed by atoms with Crippen molar-refractivity contribution in [2.45, 2.75) is 46.0 Å². The topological polar surface area (TPSA) is 69.7 Å². The first-order chi connectivity index (χ1) is 13.5. The molecular formula is C23H26O5. The third-order valence-electron chi connectivity index (χ3n) is 4.23. The number of ether oxygens (including phenoxy) is 2. The number of hydrogen-bond donors (Lipinski definition) is 0. The Balaban J connectivity index is 1.80. The molecule has 5 heteroatoms. The second kappa shape index (κ2) is 11.0. The lowest BCUT2D eigenvalue weighted by Gasteiger charge is -2.07. The van der Waals surface area contributed by atoms with Crippen LogP contribution < -0.4 is 0 Å². The summed E-state index contributed by atoms with van der Waals surface area (Å²) in [6.45, 7) is 4.04. The Bertz CT molecular complexity index is 808. The lowest BCUT2D eigenvalue weighted by atomic mass is 10.1. The molecule has 148 valence electrons. The van der Waals surface area contributed by atoms with Crippen LogP contribution in [0.15, 0.2) is 48.5 Å². The third-order valence-corrected chi connectivity index (χ3v) is 4.23. The lowest BCUT2D eigenvalue weighted by Crippen LogP contribution is -2.11. The Kier molecular flexibility index (Phi) is 8.40. The van der Waals surface area contributed by atoms with Gasteiger partial charge in [0.2, 0.25) is 0 Å². The minimum atomic E-state index is -0.647. The number of carbonyl (C=O) groups is 3. The minimum Gasteiger partial charge on any atom is -0.462 e. The SMILES string of the molecule is CCCc1ccc(C(=O)OCCCc2cccc(C(=O)OC(=O)CC)c2)cc1. The molecule has 2 rings (SSSR count). The van der Waals surface area contributed by atoms with Crippen molar-refractivity contribution >= 4 is 17.9 Å². The van der Waals surface area contributed by atoms with Gasteiger partial charge in [-0.05, 0) is 54.7 Å². The smallest absolute Gasteiger partial charge is 0.345 e. The molecule has 0 aliphatic carbocycles. The van der Waals surface area contributed by atoms with Crippen molar-refractivity contribution in [3.63, 3.8) is 0 Å². The van der Waals surface area contributed by atoms with Crippen LogP contribution in [-0.4, -0.2) is 24.5 Å². The molecule has 0 spiro atoms. The summed E-state index contributed by atoms with van der Waals surface area (Å²) in [6.07, 6.45) is 3.49. The molecule has 0 aliphatic rings. The summed E-state index contributed by atoms with van der Waals surface area (Å²) in [5, 5.41) is 0. The van der Waals surface area contributed by atoms with Gasteiger partial charge in [0.1, 0.15) is 0 Å². The highest BCUT2D eigenvalue weighted by molar-refractivity contribution is 5.96. The molecule has 0 heterocycles. The van der Waals surface area contributed by atoms with Gasteiger partial charge in [0, 0.05) is 6.42 Å². The lowest BCUT2D eigenvalue weighted by molar-refractivity contribution is -0.137. The van der Waals surface area contributed by atoms with E-state index in [4.69, 9.17) is 9.47 Å². The van der Waals surface area contributed by atoms with Gasteiger partial charge in [-0.15, -0.1) is 0 Å². The van der Waals surface area contributed by atoms with Gasteiger partial charge < -0.3 is 9.47 Å². The molecule has 0 radical (unpaired) electrons. The highest BCUT2D eigenvalue weighted by Gasteiger charge is 2.12. The van der Waals surface area contributed by atoms with Crippen molar-refractivity contribution in [2.24, 2.45) is 0 Å². The quantitative estimate of drug-likeness (QED) is 0.362. The maximum absolute atomic E-state index is 12.1. The normalized spacial score (nSPS) is 10.4. The molecule has 0 unspecified atom stereocenters. The molecule has 2 aromatic rings. The molecule has 0 fully saturated rings. The Morgan fingerprint density at radius 1 is 0.821 bits per heavy atom. The van der Waals surface area contributed by atoms with Crippen LogP contribution in [0.25, 0.3) is 0 Å². The number of aryl methyl sites for hydroxylation is 2. The van der Waals surface area contributed by atoms with E-state index in [0.29, 0.717) is 30.6 Å². The predicted molar refractivity (Wildman–Crippen MR) is 106 cm³/mol. The predicted octanol–water partition coefficient (Wildman–Crippen LogP) is 4.52. The number of rotatable bonds is 9. The summed E-state index contributed by atoms with van der Waals surface area (Å²) in [5.74, 6) is -1.53. The number of carbonyl (C=O) groups excluding carboxylic acids is 3. The van der Waals surface area contributed by atoms with E-state index in [-0.39, 0.29) is 12.4 Å². The number of hydrogen-bond acceptors (Lipinski definition) is 5. The monoisotopic (exact) mass is 382 g/mol. The van der Waals surface area contributed by atoms with Crippen molar-refractivity contribution in [1.29, 1.82) is 0 Å². The molecule has 28 heavy (non-hydrogen) atoms. The van der Waals surface area contributed by atoms with E-state index < -0.39 is 11.9 Å². The summed E-state index contributed by atoms with van der Waals surface area (Å²) in [5.41, 5.74) is 3.00. The standard InChI is InChI=1S/C23H26O5/c1-3-7-17-11-13-19(14-12-17)22(25)27-15-6-9-18-8-5-10-20(16-18)23(26)28-21(24)4-2/h5,8,10-14,16H,3-4,6-7,9,15H2,1-2H3. The average molecular weight is 382 g/mol. The summed E-state index contributed by atoms with van der Waals surface area (Å²) < 4.78 is 10.0. The van der Waals surface area contributed by atoms with Crippen LogP contribution in [0.1, 0.15) is 65.0 Å². The van der Waals surface area contributed by atoms with Crippen LogP contribution in [0.4, 0.5) is 0 Å². The summed E-state index contributed by atoms with van der Waals surface area (Å²) >= 11 is 0. The zero-order valence-electron chi connectivity index (χ0n) is 16.4. The van der Waals surface area contributed by atoms with Gasteiger partial charge in [0.15, 0.2) is 0 Å². The fourth-order valence-corrected chi connectivity index (χ4v) is 2.71. The molecule has 0 aromatic heterocycles. The molecule has 0 saturated carbocycles. The van der Waals surface area contributed by atoms with E-state index in [2.05, 4.69) is 6.92 Å². The van der Waals surface area contributed by atoms with Crippen LogP contribution in [0, 0.1) is 0 Å². The fraction of sp³-hybridized carbons (Fsp3) is 0.348. The first kappa shape index (κ1) is 21.4. The maximum atomic E-state index is 12.1. The molecule has 0 N–H and O–H groups in total. The van der Waals surface area contributed by atoms with Gasteiger partial charge >= 0.3 is 17.9 Å². The second-order valence-corrected chi connectivity index (χ2v) is 6.50. The van der Waals surface area contributed by atoms with Gasteiger partial charge in [-0.2, -0.15) is 0 Å². The molecule has 2 aromatic carbocycles. The van der Waals surface area contributed by atoms with E-state index >= 15 is 0 Å². The summed E-state index contributed by atoms with van der Waals surface area (Å²) in [4.78, 5) is 35.2. The van der Waals surface area contributed by atoms with Crippen LogP contribution in [0.5, 0.6) is 0 Å². The molecule has 5 nitrogen and oxygen atoms in total. The zero-order chi connectivity index (χ0) is 20.4. The number of esters is 3. The van der Waals surface area contributed by atoms with Crippen molar-refractivity contribution in [3.05, 3.63) is 70.8 Å². The van der Waals surface area contributed by atoms with Gasteiger partial charge in [-0.1, -0.05) is 44.5 Å². The first-order valence-corrected chi connectivity index (χ1v) is 9.63. The van der Waals surface area contributed by atoms with Crippen molar-refractivity contribution in [1.82, 2.24) is 0 Å². The van der Waals surface area contributed by atoms with Crippen LogP contribution in [0.2, 0.25) is 0 Å². The highest BCUT2D eigenvalue weighted by Crippen LogP contribution is 2.11. The fourth-order valence-electron chi connectivity index (χ4n) is 2.71. The number of benzene rings is 2. The van der Waals surface area contributed by atoms with E-state index in [1.807, 2.05) is 18.2 Å². The van der Waals surface area contributed by atoms with E-state index in [1.165, 1.54) is 5.56 Å². The summed E-state index contributed by atoms with van der Waals surface area (Å²) in [7, 11) is 0. The van der Waals surface area contributed by atoms with E-state index in [1.54, 1.807) is 37.3 Å². The van der Waals surface area contributed by atoms with Gasteiger partial charge in [0.25, 0.3) is 0 Å². The Morgan fingerprint density at radius 3 is 2.25 bits per heavy atom. The third kappa shape index (κ3) is 6.65. The largest absolute Gasteiger partial charge is 0.462 e. The van der Waals surface area contributed by atoms with Crippen LogP contribution in [0.3, 0.4) is 0 Å². The molecule has 0 atom stereocenters. The van der Waals surface area contributed by atoms with E-state index in [0.717, 1.165) is 18.4 Å². The van der Waals surface area contributed by atoms with Gasteiger partial charge in [-0.25, -0.2) is 9.59 Å². The van der Waals surface area contributed by atoms with Crippen LogP contribution >= 0.6 is 0 Å². The molecular weight excluding hydrogens is 356 g/mol. The Hall–Kier alpha value is -2.95. The van der Waals surface area contributed by atoms with Crippen molar-refractivity contribution in [3.8, 4) is 0 Å². The van der Waals surface area contributed by atoms with Crippen molar-refractivity contribution in [2.75, 3.05) is 6.61 Å². The van der Waals surface area contributed by atoms with Crippen molar-refractivity contribution < 1.29 is 23.9 Å². The zero-order valence-corrected chi connectivity index (χ0v) is 16.4.